The quantitative estimate of drug-likeness (QED) is 0.774. The van der Waals surface area contributed by atoms with Crippen molar-refractivity contribution in [1.29, 1.82) is 0 Å². The van der Waals surface area contributed by atoms with Gasteiger partial charge in [-0.1, -0.05) is 48.0 Å². The topological polar surface area (TPSA) is 34.1 Å². The van der Waals surface area contributed by atoms with Crippen molar-refractivity contribution in [3.05, 3.63) is 70.5 Å². The number of aldehydes is 2. The van der Waals surface area contributed by atoms with Crippen molar-refractivity contribution < 1.29 is 14.0 Å². The van der Waals surface area contributed by atoms with Crippen LogP contribution in [0.2, 0.25) is 5.02 Å². The van der Waals surface area contributed by atoms with Gasteiger partial charge in [0, 0.05) is 5.56 Å². The van der Waals surface area contributed by atoms with Gasteiger partial charge in [-0.25, -0.2) is 4.39 Å². The molecule has 0 fully saturated rings. The third-order valence-electron chi connectivity index (χ3n) is 2.04. The standard InChI is InChI=1S/C7H4ClFO.C7H6O/c8-6-3-1-2-5(4-10)7(6)9;8-6-7-4-2-1-3-5-7/h1-4H;1-6H. The highest BCUT2D eigenvalue weighted by molar-refractivity contribution is 6.31. The van der Waals surface area contributed by atoms with Crippen LogP contribution in [0.1, 0.15) is 20.7 Å². The Balaban J connectivity index is 0.000000184. The predicted octanol–water partition coefficient (Wildman–Crippen LogP) is 3.79. The van der Waals surface area contributed by atoms with Gasteiger partial charge >= 0.3 is 0 Å². The molecule has 92 valence electrons. The molecule has 0 bridgehead atoms. The van der Waals surface area contributed by atoms with E-state index >= 15 is 0 Å². The molecule has 2 aromatic carbocycles. The Morgan fingerprint density at radius 2 is 1.56 bits per heavy atom. The van der Waals surface area contributed by atoms with Crippen molar-refractivity contribution in [2.24, 2.45) is 0 Å². The zero-order valence-electron chi connectivity index (χ0n) is 9.35. The SMILES string of the molecule is O=Cc1cccc(Cl)c1F.O=Cc1ccccc1. The van der Waals surface area contributed by atoms with E-state index in [1.807, 2.05) is 18.2 Å². The molecule has 0 spiro atoms. The van der Waals surface area contributed by atoms with Gasteiger partial charge in [-0.2, -0.15) is 0 Å². The number of hydrogen-bond acceptors (Lipinski definition) is 2. The van der Waals surface area contributed by atoms with Crippen molar-refractivity contribution >= 4 is 24.2 Å². The van der Waals surface area contributed by atoms with Crippen LogP contribution >= 0.6 is 11.6 Å². The summed E-state index contributed by atoms with van der Waals surface area (Å²) in [5, 5.41) is -0.0235. The fraction of sp³-hybridized carbons (Fsp3) is 0. The van der Waals surface area contributed by atoms with Gasteiger partial charge in [-0.3, -0.25) is 9.59 Å². The zero-order chi connectivity index (χ0) is 13.4. The van der Waals surface area contributed by atoms with Crippen LogP contribution in [0.15, 0.2) is 48.5 Å². The van der Waals surface area contributed by atoms with Gasteiger partial charge in [0.15, 0.2) is 12.1 Å². The van der Waals surface area contributed by atoms with Crippen LogP contribution < -0.4 is 0 Å². The molecule has 0 atom stereocenters. The first-order valence-corrected chi connectivity index (χ1v) is 5.46. The summed E-state index contributed by atoms with van der Waals surface area (Å²) in [5.74, 6) is -0.654. The highest BCUT2D eigenvalue weighted by Crippen LogP contribution is 2.15. The van der Waals surface area contributed by atoms with Crippen molar-refractivity contribution in [2.75, 3.05) is 0 Å². The lowest BCUT2D eigenvalue weighted by atomic mass is 10.2. The second-order valence-electron chi connectivity index (χ2n) is 3.29. The molecule has 0 radical (unpaired) electrons. The second kappa shape index (κ2) is 7.35. The van der Waals surface area contributed by atoms with E-state index < -0.39 is 5.82 Å². The molecule has 0 aliphatic carbocycles. The molecule has 0 aliphatic rings. The van der Waals surface area contributed by atoms with Crippen LogP contribution in [0.3, 0.4) is 0 Å². The molecule has 0 N–H and O–H groups in total. The number of rotatable bonds is 2. The van der Waals surface area contributed by atoms with Gasteiger partial charge in [0.25, 0.3) is 0 Å². The number of carbonyl (C=O) groups is 2. The van der Waals surface area contributed by atoms with Gasteiger partial charge in [0.1, 0.15) is 6.29 Å². The fourth-order valence-electron chi connectivity index (χ4n) is 1.14. The number of hydrogen-bond donors (Lipinski definition) is 0. The number of carbonyl (C=O) groups excluding carboxylic acids is 2. The second-order valence-corrected chi connectivity index (χ2v) is 3.70. The molecular formula is C14H10ClFO2. The van der Waals surface area contributed by atoms with Crippen molar-refractivity contribution in [3.63, 3.8) is 0 Å². The Morgan fingerprint density at radius 1 is 0.889 bits per heavy atom. The average Bonchev–Trinajstić information content (AvgIpc) is 2.43. The van der Waals surface area contributed by atoms with Crippen molar-refractivity contribution in [2.45, 2.75) is 0 Å². The first-order chi connectivity index (χ1) is 8.69. The molecule has 0 amide bonds. The third-order valence-corrected chi connectivity index (χ3v) is 2.34. The first-order valence-electron chi connectivity index (χ1n) is 5.08. The van der Waals surface area contributed by atoms with E-state index in [0.717, 1.165) is 11.8 Å². The molecule has 0 aliphatic heterocycles. The highest BCUT2D eigenvalue weighted by Gasteiger charge is 2.02. The minimum atomic E-state index is -0.654. The Kier molecular flexibility index (Phi) is 5.74. The summed E-state index contributed by atoms with van der Waals surface area (Å²) >= 11 is 5.36. The van der Waals surface area contributed by atoms with Gasteiger partial charge in [0.2, 0.25) is 0 Å². The minimum absolute atomic E-state index is 0.00694. The Hall–Kier alpha value is -2.00. The maximum Gasteiger partial charge on any atom is 0.153 e. The first kappa shape index (κ1) is 14.1. The Bertz CT molecular complexity index is 527. The lowest BCUT2D eigenvalue weighted by molar-refractivity contribution is 0.111. The highest BCUT2D eigenvalue weighted by atomic mass is 35.5. The summed E-state index contributed by atoms with van der Waals surface area (Å²) in [4.78, 5) is 20.1. The van der Waals surface area contributed by atoms with Crippen LogP contribution in [0.25, 0.3) is 0 Å². The van der Waals surface area contributed by atoms with Crippen LogP contribution in [0, 0.1) is 5.82 Å². The normalized spacial score (nSPS) is 9.00. The van der Waals surface area contributed by atoms with Gasteiger partial charge in [-0.15, -0.1) is 0 Å². The molecule has 2 aromatic rings. The third kappa shape index (κ3) is 4.11. The smallest absolute Gasteiger partial charge is 0.153 e. The van der Waals surface area contributed by atoms with Crippen LogP contribution in [0.5, 0.6) is 0 Å². The van der Waals surface area contributed by atoms with E-state index in [1.54, 1.807) is 12.1 Å². The fourth-order valence-corrected chi connectivity index (χ4v) is 1.32. The van der Waals surface area contributed by atoms with E-state index in [-0.39, 0.29) is 10.6 Å². The van der Waals surface area contributed by atoms with Crippen LogP contribution in [0.4, 0.5) is 4.39 Å². The largest absolute Gasteiger partial charge is 0.298 e. The van der Waals surface area contributed by atoms with Gasteiger partial charge in [0.05, 0.1) is 10.6 Å². The maximum absolute atomic E-state index is 12.6. The van der Waals surface area contributed by atoms with E-state index in [4.69, 9.17) is 11.6 Å². The monoisotopic (exact) mass is 264 g/mol. The summed E-state index contributed by atoms with van der Waals surface area (Å²) < 4.78 is 12.6. The van der Waals surface area contributed by atoms with Crippen molar-refractivity contribution in [1.82, 2.24) is 0 Å². The molecule has 0 unspecified atom stereocenters. The molecule has 0 saturated heterocycles. The summed E-state index contributed by atoms with van der Waals surface area (Å²) in [6, 6.07) is 13.4. The molecule has 4 heteroatoms. The zero-order valence-corrected chi connectivity index (χ0v) is 10.1. The van der Waals surface area contributed by atoms with E-state index in [1.165, 1.54) is 18.2 Å². The molecule has 0 heterocycles. The lowest BCUT2D eigenvalue weighted by Gasteiger charge is -1.93. The molecular weight excluding hydrogens is 255 g/mol. The van der Waals surface area contributed by atoms with Gasteiger partial charge < -0.3 is 0 Å². The molecule has 0 saturated carbocycles. The van der Waals surface area contributed by atoms with Crippen LogP contribution in [-0.4, -0.2) is 12.6 Å². The summed E-state index contributed by atoms with van der Waals surface area (Å²) in [5.41, 5.74) is 0.722. The maximum atomic E-state index is 12.6. The van der Waals surface area contributed by atoms with E-state index in [9.17, 15) is 14.0 Å². The number of halogens is 2. The molecule has 0 aromatic heterocycles. The Morgan fingerprint density at radius 3 is 2.00 bits per heavy atom. The van der Waals surface area contributed by atoms with E-state index in [0.29, 0.717) is 6.29 Å². The minimum Gasteiger partial charge on any atom is -0.298 e. The summed E-state index contributed by atoms with van der Waals surface area (Å²) in [6.07, 6.45) is 1.27. The predicted molar refractivity (Wildman–Crippen MR) is 68.6 cm³/mol. The van der Waals surface area contributed by atoms with Crippen molar-refractivity contribution in [3.8, 4) is 0 Å². The van der Waals surface area contributed by atoms with Gasteiger partial charge in [-0.05, 0) is 12.1 Å². The lowest BCUT2D eigenvalue weighted by Crippen LogP contribution is -1.86. The van der Waals surface area contributed by atoms with E-state index in [2.05, 4.69) is 0 Å². The number of benzene rings is 2. The van der Waals surface area contributed by atoms with Crippen LogP contribution in [-0.2, 0) is 0 Å². The molecule has 18 heavy (non-hydrogen) atoms. The Labute approximate surface area is 109 Å². The molecule has 2 rings (SSSR count). The molecule has 2 nitrogen and oxygen atoms in total. The average molecular weight is 265 g/mol. The summed E-state index contributed by atoms with van der Waals surface area (Å²) in [6.45, 7) is 0. The summed E-state index contributed by atoms with van der Waals surface area (Å²) in [7, 11) is 0.